The highest BCUT2D eigenvalue weighted by Crippen LogP contribution is 2.37. The molecule has 0 fully saturated rings. The van der Waals surface area contributed by atoms with E-state index >= 15 is 0 Å². The Morgan fingerprint density at radius 2 is 1.84 bits per heavy atom. The zero-order chi connectivity index (χ0) is 15.1. The van der Waals surface area contributed by atoms with Gasteiger partial charge in [0.25, 0.3) is 0 Å². The van der Waals surface area contributed by atoms with Crippen molar-refractivity contribution in [2.24, 2.45) is 11.3 Å². The summed E-state index contributed by atoms with van der Waals surface area (Å²) in [4.78, 5) is 34.2. The molecule has 0 N–H and O–H groups in total. The van der Waals surface area contributed by atoms with Gasteiger partial charge in [0, 0.05) is 4.92 Å². The van der Waals surface area contributed by atoms with Gasteiger partial charge in [-0.2, -0.15) is 0 Å². The zero-order valence-corrected chi connectivity index (χ0v) is 11.4. The van der Waals surface area contributed by atoms with Crippen LogP contribution in [0.25, 0.3) is 0 Å². The summed E-state index contributed by atoms with van der Waals surface area (Å²) in [5.74, 6) is -2.50. The van der Waals surface area contributed by atoms with Crippen LogP contribution in [0.2, 0.25) is 0 Å². The van der Waals surface area contributed by atoms with Crippen LogP contribution >= 0.6 is 0 Å². The van der Waals surface area contributed by atoms with Crippen LogP contribution < -0.4 is 0 Å². The highest BCUT2D eigenvalue weighted by Gasteiger charge is 2.54. The molecule has 0 saturated heterocycles. The highest BCUT2D eigenvalue weighted by atomic mass is 16.6. The molecule has 0 aliphatic heterocycles. The maximum Gasteiger partial charge on any atom is 0.324 e. The van der Waals surface area contributed by atoms with E-state index in [0.717, 1.165) is 14.2 Å². The molecule has 0 heterocycles. The lowest BCUT2D eigenvalue weighted by Gasteiger charge is -2.32. The van der Waals surface area contributed by atoms with E-state index < -0.39 is 34.7 Å². The van der Waals surface area contributed by atoms with E-state index in [1.54, 1.807) is 6.92 Å². The molecule has 0 aromatic rings. The number of hydrogen-bond acceptors (Lipinski definition) is 6. The fourth-order valence-electron chi connectivity index (χ4n) is 2.16. The van der Waals surface area contributed by atoms with Gasteiger partial charge in [-0.3, -0.25) is 19.7 Å². The molecule has 0 bridgehead atoms. The average Bonchev–Trinajstić information content (AvgIpc) is 2.40. The molecular weight excluding hydrogens is 254 g/mol. The highest BCUT2D eigenvalue weighted by molar-refractivity contribution is 6.00. The molecule has 0 saturated carbocycles. The molecule has 1 atom stereocenters. The number of ether oxygens (including phenoxy) is 2. The number of carbonyl (C=O) groups is 2. The summed E-state index contributed by atoms with van der Waals surface area (Å²) < 4.78 is 9.29. The minimum absolute atomic E-state index is 0.0707. The predicted octanol–water partition coefficient (Wildman–Crippen LogP) is 1.20. The van der Waals surface area contributed by atoms with Crippen LogP contribution in [0.15, 0.2) is 12.7 Å². The first kappa shape index (κ1) is 17.1. The fraction of sp³-hybridized carbons (Fsp3) is 0.667. The largest absolute Gasteiger partial charge is 0.468 e. The lowest BCUT2D eigenvalue weighted by atomic mass is 9.71. The van der Waals surface area contributed by atoms with Crippen molar-refractivity contribution in [1.82, 2.24) is 0 Å². The van der Waals surface area contributed by atoms with Crippen molar-refractivity contribution in [2.75, 3.05) is 20.8 Å². The summed E-state index contributed by atoms with van der Waals surface area (Å²) >= 11 is 0. The Kier molecular flexibility index (Phi) is 6.74. The molecule has 0 aliphatic rings. The summed E-state index contributed by atoms with van der Waals surface area (Å²) in [6, 6.07) is 0. The van der Waals surface area contributed by atoms with E-state index in [9.17, 15) is 19.7 Å². The molecule has 0 aromatic carbocycles. The number of carbonyl (C=O) groups excluding carboxylic acids is 2. The number of allylic oxidation sites excluding steroid dienone is 1. The van der Waals surface area contributed by atoms with Gasteiger partial charge in [0.15, 0.2) is 5.41 Å². The lowest BCUT2D eigenvalue weighted by molar-refractivity contribution is -0.491. The van der Waals surface area contributed by atoms with E-state index in [-0.39, 0.29) is 12.8 Å². The molecule has 7 nitrogen and oxygen atoms in total. The van der Waals surface area contributed by atoms with Crippen LogP contribution in [0.5, 0.6) is 0 Å². The number of nitro groups is 1. The maximum absolute atomic E-state index is 12.0. The number of hydrogen-bond donors (Lipinski definition) is 0. The molecule has 0 aliphatic carbocycles. The summed E-state index contributed by atoms with van der Waals surface area (Å²) in [6.07, 6.45) is 1.55. The van der Waals surface area contributed by atoms with Crippen molar-refractivity contribution in [3.63, 3.8) is 0 Å². The Morgan fingerprint density at radius 1 is 1.37 bits per heavy atom. The van der Waals surface area contributed by atoms with E-state index in [2.05, 4.69) is 16.1 Å². The Labute approximate surface area is 111 Å². The molecule has 7 heteroatoms. The average molecular weight is 273 g/mol. The van der Waals surface area contributed by atoms with Crippen LogP contribution in [0.1, 0.15) is 19.8 Å². The Morgan fingerprint density at radius 3 is 2.11 bits per heavy atom. The molecule has 0 amide bonds. The van der Waals surface area contributed by atoms with Gasteiger partial charge < -0.3 is 9.47 Å². The summed E-state index contributed by atoms with van der Waals surface area (Å²) in [6.45, 7) is 4.63. The van der Waals surface area contributed by atoms with Gasteiger partial charge in [-0.15, -0.1) is 6.58 Å². The zero-order valence-electron chi connectivity index (χ0n) is 11.4. The third-order valence-corrected chi connectivity index (χ3v) is 3.12. The number of rotatable bonds is 8. The smallest absolute Gasteiger partial charge is 0.324 e. The van der Waals surface area contributed by atoms with Gasteiger partial charge in [-0.25, -0.2) is 0 Å². The van der Waals surface area contributed by atoms with Crippen molar-refractivity contribution in [1.29, 1.82) is 0 Å². The summed E-state index contributed by atoms with van der Waals surface area (Å²) in [5.41, 5.74) is -1.72. The van der Waals surface area contributed by atoms with Crippen LogP contribution in [0, 0.1) is 21.4 Å². The predicted molar refractivity (Wildman–Crippen MR) is 66.9 cm³/mol. The van der Waals surface area contributed by atoms with Crippen molar-refractivity contribution in [2.45, 2.75) is 19.8 Å². The molecule has 0 aromatic heterocycles. The third-order valence-electron chi connectivity index (χ3n) is 3.12. The fourth-order valence-corrected chi connectivity index (χ4v) is 2.16. The first-order valence-corrected chi connectivity index (χ1v) is 5.80. The molecular formula is C12H19NO6. The molecule has 0 rings (SSSR count). The van der Waals surface area contributed by atoms with E-state index in [0.29, 0.717) is 0 Å². The van der Waals surface area contributed by atoms with Gasteiger partial charge in [0.1, 0.15) is 0 Å². The Bertz CT molecular complexity index is 349. The van der Waals surface area contributed by atoms with Crippen LogP contribution in [-0.4, -0.2) is 37.6 Å². The summed E-state index contributed by atoms with van der Waals surface area (Å²) in [5, 5.41) is 10.7. The molecule has 0 spiro atoms. The van der Waals surface area contributed by atoms with E-state index in [1.165, 1.54) is 6.08 Å². The molecule has 108 valence electrons. The van der Waals surface area contributed by atoms with Gasteiger partial charge >= 0.3 is 11.9 Å². The van der Waals surface area contributed by atoms with Gasteiger partial charge in [0.2, 0.25) is 6.54 Å². The SMILES string of the molecule is C=CCC(C(=O)OC)(C(=O)OC)C(CC)C[N+](=O)[O-]. The Hall–Kier alpha value is -1.92. The second-order valence-electron chi connectivity index (χ2n) is 4.07. The van der Waals surface area contributed by atoms with Crippen molar-refractivity contribution < 1.29 is 24.0 Å². The van der Waals surface area contributed by atoms with Crippen LogP contribution in [-0.2, 0) is 19.1 Å². The van der Waals surface area contributed by atoms with Gasteiger partial charge in [-0.05, 0) is 12.8 Å². The first-order valence-electron chi connectivity index (χ1n) is 5.80. The monoisotopic (exact) mass is 273 g/mol. The first-order chi connectivity index (χ1) is 8.90. The van der Waals surface area contributed by atoms with Crippen molar-refractivity contribution in [3.05, 3.63) is 22.8 Å². The number of esters is 2. The maximum atomic E-state index is 12.0. The van der Waals surface area contributed by atoms with Crippen molar-refractivity contribution >= 4 is 11.9 Å². The van der Waals surface area contributed by atoms with Crippen LogP contribution in [0.3, 0.4) is 0 Å². The van der Waals surface area contributed by atoms with Gasteiger partial charge in [-0.1, -0.05) is 13.0 Å². The quantitative estimate of drug-likeness (QED) is 0.217. The standard InChI is InChI=1S/C12H19NO6/c1-5-7-12(10(14)18-3,11(15)19-4)9(6-2)8-13(16)17/h5,9H,1,6-8H2,2-4H3. The Balaban J connectivity index is 5.77. The summed E-state index contributed by atoms with van der Waals surface area (Å²) in [7, 11) is 2.25. The topological polar surface area (TPSA) is 95.7 Å². The minimum Gasteiger partial charge on any atom is -0.468 e. The van der Waals surface area contributed by atoms with Gasteiger partial charge in [0.05, 0.1) is 20.1 Å². The minimum atomic E-state index is -1.72. The van der Waals surface area contributed by atoms with E-state index in [1.807, 2.05) is 0 Å². The molecule has 1 unspecified atom stereocenters. The van der Waals surface area contributed by atoms with E-state index in [4.69, 9.17) is 0 Å². The normalized spacial score (nSPS) is 12.4. The number of methoxy groups -OCH3 is 2. The lowest BCUT2D eigenvalue weighted by Crippen LogP contribution is -2.49. The molecule has 0 radical (unpaired) electrons. The second-order valence-corrected chi connectivity index (χ2v) is 4.07. The van der Waals surface area contributed by atoms with Crippen LogP contribution in [0.4, 0.5) is 0 Å². The second kappa shape index (κ2) is 7.50. The third kappa shape index (κ3) is 3.52. The van der Waals surface area contributed by atoms with Crippen molar-refractivity contribution in [3.8, 4) is 0 Å². The molecule has 19 heavy (non-hydrogen) atoms. The number of nitrogens with zero attached hydrogens (tertiary/aromatic N) is 1.